The maximum Gasteiger partial charge on any atom is 0.339 e. The molecular weight excluding hydrogens is 475 g/mol. The summed E-state index contributed by atoms with van der Waals surface area (Å²) in [6.07, 6.45) is 0. The van der Waals surface area contributed by atoms with Crippen molar-refractivity contribution >= 4 is 67.5 Å². The molecular formula is C18H11BrCl2N2O3S. The Morgan fingerprint density at radius 3 is 2.67 bits per heavy atom. The minimum absolute atomic E-state index is 0.349. The Kier molecular flexibility index (Phi) is 6.49. The highest BCUT2D eigenvalue weighted by atomic mass is 79.9. The number of hydrogen-bond donors (Lipinski definition) is 1. The summed E-state index contributed by atoms with van der Waals surface area (Å²) in [5.74, 6) is -1.07. The molecule has 0 saturated carbocycles. The van der Waals surface area contributed by atoms with E-state index < -0.39 is 18.5 Å². The van der Waals surface area contributed by atoms with E-state index in [2.05, 4.69) is 26.2 Å². The Labute approximate surface area is 177 Å². The number of benzene rings is 2. The van der Waals surface area contributed by atoms with Gasteiger partial charge in [-0.05, 0) is 40.2 Å². The van der Waals surface area contributed by atoms with Crippen LogP contribution >= 0.6 is 50.5 Å². The smallest absolute Gasteiger partial charge is 0.339 e. The third-order valence-corrected chi connectivity index (χ3v) is 5.58. The molecule has 1 heterocycles. The quantitative estimate of drug-likeness (QED) is 0.472. The number of nitrogens with one attached hydrogen (secondary N) is 1. The minimum Gasteiger partial charge on any atom is -0.452 e. The van der Waals surface area contributed by atoms with Gasteiger partial charge in [0.05, 0.1) is 21.3 Å². The van der Waals surface area contributed by atoms with Crippen molar-refractivity contribution in [2.24, 2.45) is 0 Å². The minimum atomic E-state index is -0.590. The first-order chi connectivity index (χ1) is 12.9. The molecule has 1 aromatic heterocycles. The van der Waals surface area contributed by atoms with E-state index >= 15 is 0 Å². The predicted octanol–water partition coefficient (Wildman–Crippen LogP) is 5.67. The molecule has 0 fully saturated rings. The van der Waals surface area contributed by atoms with Gasteiger partial charge in [-0.2, -0.15) is 0 Å². The number of anilines is 1. The molecule has 0 aliphatic heterocycles. The number of hydrogen-bond acceptors (Lipinski definition) is 5. The van der Waals surface area contributed by atoms with Gasteiger partial charge in [0.2, 0.25) is 0 Å². The molecule has 3 aromatic rings. The molecule has 0 aliphatic rings. The van der Waals surface area contributed by atoms with Crippen molar-refractivity contribution in [3.05, 3.63) is 67.9 Å². The van der Waals surface area contributed by atoms with Gasteiger partial charge in [0.15, 0.2) is 11.7 Å². The van der Waals surface area contributed by atoms with Crippen molar-refractivity contribution in [1.82, 2.24) is 4.98 Å². The second-order valence-corrected chi connectivity index (χ2v) is 7.80. The number of carbonyl (C=O) groups is 2. The zero-order chi connectivity index (χ0) is 19.4. The average Bonchev–Trinajstić information content (AvgIpc) is 3.11. The van der Waals surface area contributed by atoms with Crippen molar-refractivity contribution in [2.45, 2.75) is 0 Å². The first-order valence-electron chi connectivity index (χ1n) is 7.56. The normalized spacial score (nSPS) is 10.5. The third-order valence-electron chi connectivity index (χ3n) is 3.39. The van der Waals surface area contributed by atoms with Crippen LogP contribution in [0.5, 0.6) is 0 Å². The van der Waals surface area contributed by atoms with Gasteiger partial charge in [0, 0.05) is 15.4 Å². The highest BCUT2D eigenvalue weighted by Gasteiger charge is 2.14. The lowest BCUT2D eigenvalue weighted by Gasteiger charge is -2.06. The molecule has 2 aromatic carbocycles. The molecule has 1 N–H and O–H groups in total. The van der Waals surface area contributed by atoms with Gasteiger partial charge in [-0.1, -0.05) is 41.4 Å². The first-order valence-corrected chi connectivity index (χ1v) is 9.99. The van der Waals surface area contributed by atoms with Gasteiger partial charge < -0.3 is 4.74 Å². The Bertz CT molecular complexity index is 1010. The lowest BCUT2D eigenvalue weighted by Crippen LogP contribution is -2.21. The molecule has 1 amide bonds. The standard InChI is InChI=1S/C18H11BrCl2N2O3S/c19-12-4-2-1-3-11(12)17(25)26-8-16(24)23-18-22-15(9-27-18)10-5-6-13(20)14(21)7-10/h1-7,9H,8H2,(H,22,23,24). The van der Waals surface area contributed by atoms with E-state index in [-0.39, 0.29) is 0 Å². The van der Waals surface area contributed by atoms with Crippen molar-refractivity contribution < 1.29 is 14.3 Å². The van der Waals surface area contributed by atoms with Gasteiger partial charge in [0.1, 0.15) is 0 Å². The van der Waals surface area contributed by atoms with Crippen molar-refractivity contribution in [1.29, 1.82) is 0 Å². The number of ether oxygens (including phenoxy) is 1. The molecule has 0 unspecified atom stereocenters. The van der Waals surface area contributed by atoms with Crippen molar-refractivity contribution in [2.75, 3.05) is 11.9 Å². The summed E-state index contributed by atoms with van der Waals surface area (Å²) in [7, 11) is 0. The van der Waals surface area contributed by atoms with Crippen LogP contribution in [0.1, 0.15) is 10.4 Å². The van der Waals surface area contributed by atoms with Crippen LogP contribution in [-0.4, -0.2) is 23.5 Å². The molecule has 9 heteroatoms. The van der Waals surface area contributed by atoms with E-state index in [4.69, 9.17) is 27.9 Å². The van der Waals surface area contributed by atoms with E-state index in [0.717, 1.165) is 5.56 Å². The molecule has 27 heavy (non-hydrogen) atoms. The summed E-state index contributed by atoms with van der Waals surface area (Å²) >= 11 is 16.4. The van der Waals surface area contributed by atoms with Crippen LogP contribution in [0.4, 0.5) is 5.13 Å². The molecule has 0 spiro atoms. The Morgan fingerprint density at radius 2 is 1.93 bits per heavy atom. The highest BCUT2D eigenvalue weighted by molar-refractivity contribution is 9.10. The molecule has 0 radical (unpaired) electrons. The summed E-state index contributed by atoms with van der Waals surface area (Å²) in [5.41, 5.74) is 1.78. The van der Waals surface area contributed by atoms with Crippen LogP contribution < -0.4 is 5.32 Å². The third kappa shape index (κ3) is 5.07. The van der Waals surface area contributed by atoms with Gasteiger partial charge in [-0.15, -0.1) is 11.3 Å². The SMILES string of the molecule is O=C(COC(=O)c1ccccc1Br)Nc1nc(-c2ccc(Cl)c(Cl)c2)cs1. The zero-order valence-corrected chi connectivity index (χ0v) is 17.5. The topological polar surface area (TPSA) is 68.3 Å². The van der Waals surface area contributed by atoms with E-state index in [1.807, 2.05) is 0 Å². The van der Waals surface area contributed by atoms with E-state index in [9.17, 15) is 9.59 Å². The number of rotatable bonds is 5. The number of amides is 1. The lowest BCUT2D eigenvalue weighted by atomic mass is 10.2. The number of halogens is 3. The van der Waals surface area contributed by atoms with Crippen molar-refractivity contribution in [3.63, 3.8) is 0 Å². The van der Waals surface area contributed by atoms with Crippen LogP contribution in [0.25, 0.3) is 11.3 Å². The fraction of sp³-hybridized carbons (Fsp3) is 0.0556. The Balaban J connectivity index is 1.59. The summed E-state index contributed by atoms with van der Waals surface area (Å²) in [6, 6.07) is 12.0. The van der Waals surface area contributed by atoms with E-state index in [0.29, 0.717) is 30.9 Å². The molecule has 0 bridgehead atoms. The van der Waals surface area contributed by atoms with Gasteiger partial charge >= 0.3 is 5.97 Å². The van der Waals surface area contributed by atoms with Crippen LogP contribution in [0.2, 0.25) is 10.0 Å². The Morgan fingerprint density at radius 1 is 1.15 bits per heavy atom. The summed E-state index contributed by atoms with van der Waals surface area (Å²) in [5, 5.41) is 5.64. The van der Waals surface area contributed by atoms with E-state index in [1.165, 1.54) is 11.3 Å². The number of nitrogens with zero attached hydrogens (tertiary/aromatic N) is 1. The van der Waals surface area contributed by atoms with Crippen LogP contribution in [0, 0.1) is 0 Å². The molecule has 5 nitrogen and oxygen atoms in total. The summed E-state index contributed by atoms with van der Waals surface area (Å²) < 4.78 is 5.63. The van der Waals surface area contributed by atoms with Gasteiger partial charge in [-0.3, -0.25) is 10.1 Å². The molecule has 0 saturated heterocycles. The maximum absolute atomic E-state index is 12.0. The first kappa shape index (κ1) is 19.8. The molecule has 138 valence electrons. The largest absolute Gasteiger partial charge is 0.452 e. The highest BCUT2D eigenvalue weighted by Crippen LogP contribution is 2.30. The number of carbonyl (C=O) groups excluding carboxylic acids is 2. The Hall–Kier alpha value is -1.93. The summed E-state index contributed by atoms with van der Waals surface area (Å²) in [6.45, 7) is -0.415. The fourth-order valence-corrected chi connectivity index (χ4v) is 3.59. The second-order valence-electron chi connectivity index (χ2n) is 5.27. The van der Waals surface area contributed by atoms with Crippen LogP contribution in [0.15, 0.2) is 52.3 Å². The van der Waals surface area contributed by atoms with E-state index in [1.54, 1.807) is 47.8 Å². The number of esters is 1. The molecule has 0 aliphatic carbocycles. The average molecular weight is 486 g/mol. The fourth-order valence-electron chi connectivity index (χ4n) is 2.11. The lowest BCUT2D eigenvalue weighted by molar-refractivity contribution is -0.119. The second kappa shape index (κ2) is 8.84. The zero-order valence-electron chi connectivity index (χ0n) is 13.5. The van der Waals surface area contributed by atoms with Crippen molar-refractivity contribution in [3.8, 4) is 11.3 Å². The van der Waals surface area contributed by atoms with Crippen LogP contribution in [-0.2, 0) is 9.53 Å². The van der Waals surface area contributed by atoms with Crippen LogP contribution in [0.3, 0.4) is 0 Å². The molecule has 0 atom stereocenters. The summed E-state index contributed by atoms with van der Waals surface area (Å²) in [4.78, 5) is 28.3. The monoisotopic (exact) mass is 484 g/mol. The maximum atomic E-state index is 12.0. The predicted molar refractivity (Wildman–Crippen MR) is 111 cm³/mol. The van der Waals surface area contributed by atoms with Gasteiger partial charge in [-0.25, -0.2) is 9.78 Å². The van der Waals surface area contributed by atoms with Gasteiger partial charge in [0.25, 0.3) is 5.91 Å². The number of aromatic nitrogens is 1. The number of thiazole rings is 1. The molecule has 3 rings (SSSR count).